The first-order valence-corrected chi connectivity index (χ1v) is 8.40. The zero-order chi connectivity index (χ0) is 18.1. The third-order valence-electron chi connectivity index (χ3n) is 3.92. The van der Waals surface area contributed by atoms with E-state index in [1.54, 1.807) is 13.0 Å². The van der Waals surface area contributed by atoms with Crippen LogP contribution in [0.15, 0.2) is 55.0 Å². The number of ketones is 1. The van der Waals surface area contributed by atoms with Gasteiger partial charge in [0.2, 0.25) is 5.78 Å². The number of Topliss-reactive ketones (excluding diaryl/α,β-unsaturated/α-hetero) is 1. The molecule has 0 amide bonds. The van der Waals surface area contributed by atoms with Gasteiger partial charge in [-0.05, 0) is 13.0 Å². The third-order valence-corrected chi connectivity index (χ3v) is 4.20. The molecule has 0 radical (unpaired) electrons. The largest absolute Gasteiger partial charge is 0.292 e. The highest BCUT2D eigenvalue weighted by Crippen LogP contribution is 2.19. The minimum atomic E-state index is -0.202. The number of imidazole rings is 1. The van der Waals surface area contributed by atoms with Gasteiger partial charge in [0.15, 0.2) is 5.78 Å². The van der Waals surface area contributed by atoms with E-state index in [4.69, 9.17) is 11.6 Å². The summed E-state index contributed by atoms with van der Waals surface area (Å²) in [5.41, 5.74) is 2.67. The van der Waals surface area contributed by atoms with Gasteiger partial charge in [0.1, 0.15) is 11.5 Å². The second kappa shape index (κ2) is 6.65. The van der Waals surface area contributed by atoms with Crippen LogP contribution in [0.5, 0.6) is 0 Å². The first kappa shape index (κ1) is 16.4. The summed E-state index contributed by atoms with van der Waals surface area (Å²) in [4.78, 5) is 29.6. The van der Waals surface area contributed by atoms with Crippen LogP contribution in [0.2, 0.25) is 5.02 Å². The van der Waals surface area contributed by atoms with E-state index in [2.05, 4.69) is 19.9 Å². The molecular formula is C19H14ClN5O. The topological polar surface area (TPSA) is 73.0 Å². The van der Waals surface area contributed by atoms with Gasteiger partial charge in [-0.25, -0.2) is 19.9 Å². The Morgan fingerprint density at radius 3 is 2.73 bits per heavy atom. The van der Waals surface area contributed by atoms with Gasteiger partial charge in [0.25, 0.3) is 0 Å². The first-order chi connectivity index (χ1) is 12.6. The molecule has 0 aliphatic rings. The fourth-order valence-electron chi connectivity index (χ4n) is 2.65. The van der Waals surface area contributed by atoms with Crippen molar-refractivity contribution in [3.8, 4) is 11.3 Å². The minimum Gasteiger partial charge on any atom is -0.292 e. The highest BCUT2D eigenvalue weighted by molar-refractivity contribution is 6.33. The quantitative estimate of drug-likeness (QED) is 0.518. The van der Waals surface area contributed by atoms with Crippen LogP contribution in [-0.2, 0) is 6.42 Å². The molecule has 0 bridgehead atoms. The maximum atomic E-state index is 12.5. The number of benzene rings is 1. The number of nitrogens with zero attached hydrogens (tertiary/aromatic N) is 5. The van der Waals surface area contributed by atoms with Gasteiger partial charge in [0.05, 0.1) is 22.8 Å². The molecule has 0 spiro atoms. The minimum absolute atomic E-state index is 0.0974. The maximum Gasteiger partial charge on any atom is 0.234 e. The smallest absolute Gasteiger partial charge is 0.234 e. The molecule has 4 aromatic rings. The van der Waals surface area contributed by atoms with Gasteiger partial charge in [0, 0.05) is 24.2 Å². The summed E-state index contributed by atoms with van der Waals surface area (Å²) >= 11 is 6.04. The van der Waals surface area contributed by atoms with Crippen LogP contribution in [0.1, 0.15) is 22.0 Å². The Hall–Kier alpha value is -3.12. The predicted octanol–water partition coefficient (Wildman–Crippen LogP) is 3.57. The lowest BCUT2D eigenvalue weighted by Gasteiger charge is -2.03. The molecule has 0 fully saturated rings. The van der Waals surface area contributed by atoms with Crippen LogP contribution >= 0.6 is 11.6 Å². The molecule has 0 atom stereocenters. The van der Waals surface area contributed by atoms with E-state index < -0.39 is 0 Å². The Morgan fingerprint density at radius 1 is 1.12 bits per heavy atom. The first-order valence-electron chi connectivity index (χ1n) is 8.02. The maximum absolute atomic E-state index is 12.5. The van der Waals surface area contributed by atoms with E-state index in [-0.39, 0.29) is 22.9 Å². The number of hydrogen-bond donors (Lipinski definition) is 0. The molecule has 3 aromatic heterocycles. The molecule has 0 aliphatic carbocycles. The lowest BCUT2D eigenvalue weighted by molar-refractivity contribution is 0.0987. The van der Waals surface area contributed by atoms with Gasteiger partial charge in [-0.15, -0.1) is 0 Å². The number of fused-ring (bicyclic) bond motifs is 1. The normalized spacial score (nSPS) is 11.0. The third kappa shape index (κ3) is 3.19. The standard InChI is InChI=1S/C19H14ClN5O/c1-12-21-10-15(20)18(22-12)17(26)9-14-7-8-25-11-16(24-19(25)23-14)13-5-3-2-4-6-13/h2-8,10-11H,9H2,1H3. The van der Waals surface area contributed by atoms with E-state index in [0.717, 1.165) is 11.3 Å². The Labute approximate surface area is 154 Å². The molecule has 128 valence electrons. The van der Waals surface area contributed by atoms with Crippen LogP contribution in [0.25, 0.3) is 17.0 Å². The van der Waals surface area contributed by atoms with Gasteiger partial charge >= 0.3 is 0 Å². The number of aryl methyl sites for hydroxylation is 1. The van der Waals surface area contributed by atoms with Crippen LogP contribution in [0.4, 0.5) is 0 Å². The molecule has 4 rings (SSSR count). The van der Waals surface area contributed by atoms with Crippen LogP contribution in [-0.4, -0.2) is 30.1 Å². The van der Waals surface area contributed by atoms with E-state index in [0.29, 0.717) is 17.3 Å². The summed E-state index contributed by atoms with van der Waals surface area (Å²) in [5, 5.41) is 0.244. The molecule has 26 heavy (non-hydrogen) atoms. The molecule has 0 unspecified atom stereocenters. The number of halogens is 1. The molecule has 3 heterocycles. The van der Waals surface area contributed by atoms with Gasteiger partial charge in [-0.2, -0.15) is 0 Å². The molecule has 0 saturated heterocycles. The second-order valence-corrected chi connectivity index (χ2v) is 6.24. The summed E-state index contributed by atoms with van der Waals surface area (Å²) in [6, 6.07) is 11.7. The zero-order valence-corrected chi connectivity index (χ0v) is 14.7. The zero-order valence-electron chi connectivity index (χ0n) is 13.9. The summed E-state index contributed by atoms with van der Waals surface area (Å²) in [5.74, 6) is 0.841. The second-order valence-electron chi connectivity index (χ2n) is 5.83. The van der Waals surface area contributed by atoms with Gasteiger partial charge in [-0.1, -0.05) is 41.9 Å². The Balaban J connectivity index is 1.63. The number of carbonyl (C=O) groups is 1. The van der Waals surface area contributed by atoms with Crippen molar-refractivity contribution in [3.05, 3.63) is 77.2 Å². The van der Waals surface area contributed by atoms with E-state index in [9.17, 15) is 4.79 Å². The monoisotopic (exact) mass is 363 g/mol. The highest BCUT2D eigenvalue weighted by atomic mass is 35.5. The van der Waals surface area contributed by atoms with E-state index >= 15 is 0 Å². The van der Waals surface area contributed by atoms with Crippen molar-refractivity contribution >= 4 is 23.2 Å². The molecule has 1 aromatic carbocycles. The fraction of sp³-hybridized carbons (Fsp3) is 0.105. The SMILES string of the molecule is Cc1ncc(Cl)c(C(=O)Cc2ccn3cc(-c4ccccc4)nc3n2)n1. The number of hydrogen-bond acceptors (Lipinski definition) is 5. The van der Waals surface area contributed by atoms with Crippen LogP contribution in [0.3, 0.4) is 0 Å². The van der Waals surface area contributed by atoms with Crippen molar-refractivity contribution in [2.24, 2.45) is 0 Å². The van der Waals surface area contributed by atoms with Crippen LogP contribution in [0, 0.1) is 6.92 Å². The Morgan fingerprint density at radius 2 is 1.92 bits per heavy atom. The number of rotatable bonds is 4. The van der Waals surface area contributed by atoms with Crippen molar-refractivity contribution in [2.75, 3.05) is 0 Å². The summed E-state index contributed by atoms with van der Waals surface area (Å²) in [7, 11) is 0. The number of aromatic nitrogens is 5. The molecule has 6 nitrogen and oxygen atoms in total. The molecular weight excluding hydrogens is 350 g/mol. The molecule has 0 N–H and O–H groups in total. The summed E-state index contributed by atoms with van der Waals surface area (Å²) in [6.07, 6.45) is 5.29. The predicted molar refractivity (Wildman–Crippen MR) is 98.2 cm³/mol. The summed E-state index contributed by atoms with van der Waals surface area (Å²) < 4.78 is 1.83. The number of carbonyl (C=O) groups excluding carboxylic acids is 1. The highest BCUT2D eigenvalue weighted by Gasteiger charge is 2.15. The lowest BCUT2D eigenvalue weighted by atomic mass is 10.1. The molecule has 0 saturated carbocycles. The van der Waals surface area contributed by atoms with Crippen molar-refractivity contribution in [1.29, 1.82) is 0 Å². The van der Waals surface area contributed by atoms with Gasteiger partial charge in [-0.3, -0.25) is 9.20 Å². The molecule has 0 aliphatic heterocycles. The van der Waals surface area contributed by atoms with E-state index in [1.807, 2.05) is 47.1 Å². The van der Waals surface area contributed by atoms with Crippen molar-refractivity contribution in [2.45, 2.75) is 13.3 Å². The lowest BCUT2D eigenvalue weighted by Crippen LogP contribution is -2.10. The van der Waals surface area contributed by atoms with Crippen molar-refractivity contribution in [1.82, 2.24) is 24.3 Å². The Bertz CT molecular complexity index is 1110. The molecule has 7 heteroatoms. The average Bonchev–Trinajstić information content (AvgIpc) is 3.08. The van der Waals surface area contributed by atoms with Crippen molar-refractivity contribution < 1.29 is 4.79 Å². The van der Waals surface area contributed by atoms with E-state index in [1.165, 1.54) is 6.20 Å². The van der Waals surface area contributed by atoms with Crippen molar-refractivity contribution in [3.63, 3.8) is 0 Å². The Kier molecular flexibility index (Phi) is 4.18. The van der Waals surface area contributed by atoms with Gasteiger partial charge < -0.3 is 0 Å². The average molecular weight is 364 g/mol. The van der Waals surface area contributed by atoms with Crippen LogP contribution < -0.4 is 0 Å². The summed E-state index contributed by atoms with van der Waals surface area (Å²) in [6.45, 7) is 1.72. The fourth-order valence-corrected chi connectivity index (χ4v) is 2.85.